The van der Waals surface area contributed by atoms with E-state index in [4.69, 9.17) is 9.47 Å². The number of hydrogen-bond donors (Lipinski definition) is 0. The highest BCUT2D eigenvalue weighted by molar-refractivity contribution is 6.06. The number of alkyl halides is 1. The van der Waals surface area contributed by atoms with Crippen molar-refractivity contribution in [3.63, 3.8) is 0 Å². The highest BCUT2D eigenvalue weighted by Crippen LogP contribution is 2.23. The zero-order valence-electron chi connectivity index (χ0n) is 10.5. The van der Waals surface area contributed by atoms with Crippen LogP contribution in [0.3, 0.4) is 0 Å². The number of hydrogen-bond acceptors (Lipinski definition) is 4. The van der Waals surface area contributed by atoms with Gasteiger partial charge in [0, 0.05) is 12.8 Å². The maximum absolute atomic E-state index is 13.8. The Hall–Kier alpha value is -1.34. The summed E-state index contributed by atoms with van der Waals surface area (Å²) < 4.78 is 25.7. The molecule has 104 valence electrons. The van der Waals surface area contributed by atoms with E-state index in [9.17, 15) is 14.0 Å². The van der Waals surface area contributed by atoms with E-state index in [1.807, 2.05) is 0 Å². The molecule has 0 aromatic carbocycles. The molecular weight excluding hydrogens is 255 g/mol. The Morgan fingerprint density at radius 2 is 1.95 bits per heavy atom. The highest BCUT2D eigenvalue weighted by atomic mass is 19.1. The number of rotatable bonds is 2. The van der Waals surface area contributed by atoms with Crippen LogP contribution >= 0.6 is 0 Å². The predicted molar refractivity (Wildman–Crippen MR) is 61.4 cm³/mol. The van der Waals surface area contributed by atoms with E-state index in [0.717, 1.165) is 24.0 Å². The molecule has 3 aliphatic rings. The van der Waals surface area contributed by atoms with Crippen LogP contribution in [0.25, 0.3) is 0 Å². The third-order valence-corrected chi connectivity index (χ3v) is 3.60. The summed E-state index contributed by atoms with van der Waals surface area (Å²) in [4.78, 5) is 25.1. The number of halogens is 1. The summed E-state index contributed by atoms with van der Waals surface area (Å²) in [6.07, 6.45) is 0.901. The maximum atomic E-state index is 13.8. The Balaban J connectivity index is 1.87. The lowest BCUT2D eigenvalue weighted by atomic mass is 10.2. The van der Waals surface area contributed by atoms with Gasteiger partial charge in [-0.25, -0.2) is 9.18 Å². The lowest BCUT2D eigenvalue weighted by molar-refractivity contribution is -0.529. The molecule has 0 radical (unpaired) electrons. The van der Waals surface area contributed by atoms with Crippen molar-refractivity contribution in [3.05, 3.63) is 0 Å². The molecule has 3 amide bonds. The molecule has 2 fully saturated rings. The summed E-state index contributed by atoms with van der Waals surface area (Å²) >= 11 is 0. The van der Waals surface area contributed by atoms with E-state index in [1.165, 1.54) is 4.58 Å². The molecule has 6 nitrogen and oxygen atoms in total. The van der Waals surface area contributed by atoms with Gasteiger partial charge in [0.2, 0.25) is 12.5 Å². The minimum Gasteiger partial charge on any atom is -0.339 e. The number of urea groups is 1. The standard InChI is InChI=1S/C12H16FN2O4/c13-8-7-14(9-3-1-5-18-9)12(17)15(11(8)16)10-4-2-6-19-10/h7-10H,1-6H2/q+1. The Labute approximate surface area is 109 Å². The smallest absolute Gasteiger partial charge is 0.339 e. The van der Waals surface area contributed by atoms with Crippen LogP contribution in [0, 0.1) is 0 Å². The van der Waals surface area contributed by atoms with Crippen molar-refractivity contribution in [1.29, 1.82) is 0 Å². The Morgan fingerprint density at radius 1 is 1.21 bits per heavy atom. The van der Waals surface area contributed by atoms with Gasteiger partial charge in [-0.1, -0.05) is 0 Å². The highest BCUT2D eigenvalue weighted by Gasteiger charge is 2.51. The summed E-state index contributed by atoms with van der Waals surface area (Å²) in [7, 11) is 0. The van der Waals surface area contributed by atoms with Crippen LogP contribution in [0.5, 0.6) is 0 Å². The van der Waals surface area contributed by atoms with Gasteiger partial charge in [0.1, 0.15) is 6.21 Å². The molecule has 3 aliphatic heterocycles. The molecule has 0 aliphatic carbocycles. The summed E-state index contributed by atoms with van der Waals surface area (Å²) in [6, 6.07) is -0.544. The summed E-state index contributed by atoms with van der Waals surface area (Å²) in [5.41, 5.74) is 0. The molecule has 3 unspecified atom stereocenters. The first-order chi connectivity index (χ1) is 9.18. The largest absolute Gasteiger partial charge is 0.504 e. The first-order valence-corrected chi connectivity index (χ1v) is 6.56. The van der Waals surface area contributed by atoms with Crippen LogP contribution in [0.1, 0.15) is 25.7 Å². The predicted octanol–water partition coefficient (Wildman–Crippen LogP) is 0.643. The van der Waals surface area contributed by atoms with Gasteiger partial charge in [-0.2, -0.15) is 9.37 Å². The number of carbonyl (C=O) groups excluding carboxylic acids is 2. The van der Waals surface area contributed by atoms with E-state index in [1.54, 1.807) is 0 Å². The molecule has 3 rings (SSSR count). The van der Waals surface area contributed by atoms with Crippen LogP contribution in [-0.2, 0) is 14.3 Å². The minimum atomic E-state index is -1.81. The van der Waals surface area contributed by atoms with Crippen molar-refractivity contribution in [3.8, 4) is 0 Å². The molecule has 2 saturated heterocycles. The van der Waals surface area contributed by atoms with Gasteiger partial charge in [0.25, 0.3) is 6.17 Å². The molecule has 0 bridgehead atoms. The van der Waals surface area contributed by atoms with Gasteiger partial charge < -0.3 is 9.47 Å². The molecule has 0 N–H and O–H groups in total. The van der Waals surface area contributed by atoms with Crippen molar-refractivity contribution in [2.75, 3.05) is 13.2 Å². The molecular formula is C12H16FN2O4+. The number of nitrogens with zero attached hydrogens (tertiary/aromatic N) is 2. The second-order valence-electron chi connectivity index (χ2n) is 4.88. The third kappa shape index (κ3) is 2.17. The van der Waals surface area contributed by atoms with Crippen LogP contribution < -0.4 is 0 Å². The van der Waals surface area contributed by atoms with Crippen molar-refractivity contribution in [2.45, 2.75) is 44.3 Å². The zero-order chi connectivity index (χ0) is 13.4. The quantitative estimate of drug-likeness (QED) is 0.692. The van der Waals surface area contributed by atoms with Gasteiger partial charge in [-0.15, -0.1) is 4.90 Å². The lowest BCUT2D eigenvalue weighted by Crippen LogP contribution is -2.58. The SMILES string of the molecule is O=C1C(F)C=[N+](C2CCCO2)C(=O)N1C1CCCO1. The fraction of sp³-hybridized carbons (Fsp3) is 0.750. The van der Waals surface area contributed by atoms with Crippen LogP contribution in [-0.4, -0.2) is 59.5 Å². The van der Waals surface area contributed by atoms with Gasteiger partial charge in [0.15, 0.2) is 0 Å². The van der Waals surface area contributed by atoms with Crippen LogP contribution in [0.4, 0.5) is 9.18 Å². The third-order valence-electron chi connectivity index (χ3n) is 3.60. The van der Waals surface area contributed by atoms with Gasteiger partial charge in [-0.05, 0) is 12.8 Å². The number of amides is 3. The second-order valence-corrected chi connectivity index (χ2v) is 4.88. The molecule has 0 spiro atoms. The summed E-state index contributed by atoms with van der Waals surface area (Å²) in [5.74, 6) is -0.842. The Kier molecular flexibility index (Phi) is 3.32. The molecule has 3 heterocycles. The average Bonchev–Trinajstić information content (AvgIpc) is 3.06. The molecule has 3 atom stereocenters. The summed E-state index contributed by atoms with van der Waals surface area (Å²) in [5, 5.41) is 0. The van der Waals surface area contributed by atoms with Crippen LogP contribution in [0.15, 0.2) is 0 Å². The number of ether oxygens (including phenoxy) is 2. The van der Waals surface area contributed by atoms with E-state index in [-0.39, 0.29) is 0 Å². The molecule has 7 heteroatoms. The van der Waals surface area contributed by atoms with Crippen LogP contribution in [0.2, 0.25) is 0 Å². The Morgan fingerprint density at radius 3 is 2.58 bits per heavy atom. The monoisotopic (exact) mass is 271 g/mol. The molecule has 0 saturated carbocycles. The summed E-state index contributed by atoms with van der Waals surface area (Å²) in [6.45, 7) is 1.04. The number of carbonyl (C=O) groups is 2. The van der Waals surface area contributed by atoms with Gasteiger partial charge in [0.05, 0.1) is 13.2 Å². The van der Waals surface area contributed by atoms with E-state index in [2.05, 4.69) is 0 Å². The van der Waals surface area contributed by atoms with E-state index in [0.29, 0.717) is 26.1 Å². The fourth-order valence-electron chi connectivity index (χ4n) is 2.65. The number of imide groups is 1. The van der Waals surface area contributed by atoms with E-state index < -0.39 is 30.6 Å². The normalized spacial score (nSPS) is 35.9. The molecule has 0 aromatic rings. The van der Waals surface area contributed by atoms with Gasteiger partial charge >= 0.3 is 11.9 Å². The van der Waals surface area contributed by atoms with Crippen molar-refractivity contribution < 1.29 is 28.0 Å². The minimum absolute atomic E-state index is 0.470. The first-order valence-electron chi connectivity index (χ1n) is 6.56. The lowest BCUT2D eigenvalue weighted by Gasteiger charge is -2.25. The van der Waals surface area contributed by atoms with E-state index >= 15 is 0 Å². The maximum Gasteiger partial charge on any atom is 0.504 e. The average molecular weight is 271 g/mol. The van der Waals surface area contributed by atoms with Crippen molar-refractivity contribution >= 4 is 18.2 Å². The topological polar surface area (TPSA) is 58.8 Å². The van der Waals surface area contributed by atoms with Gasteiger partial charge in [-0.3, -0.25) is 0 Å². The fourth-order valence-corrected chi connectivity index (χ4v) is 2.65. The second kappa shape index (κ2) is 4.97. The molecule has 0 aromatic heterocycles. The first kappa shape index (κ1) is 12.7. The Bertz CT molecular complexity index is 427. The van der Waals surface area contributed by atoms with Crippen molar-refractivity contribution in [2.24, 2.45) is 0 Å². The van der Waals surface area contributed by atoms with Crippen molar-refractivity contribution in [1.82, 2.24) is 4.90 Å². The zero-order valence-corrected chi connectivity index (χ0v) is 10.5. The molecule has 19 heavy (non-hydrogen) atoms.